The first kappa shape index (κ1) is 16.4. The molecule has 2 aromatic rings. The van der Waals surface area contributed by atoms with Gasteiger partial charge in [-0.2, -0.15) is 0 Å². The van der Waals surface area contributed by atoms with Crippen molar-refractivity contribution in [2.45, 2.75) is 19.3 Å². The first-order chi connectivity index (χ1) is 10.6. The van der Waals surface area contributed by atoms with Gasteiger partial charge in [-0.3, -0.25) is 0 Å². The second-order valence-electron chi connectivity index (χ2n) is 5.70. The van der Waals surface area contributed by atoms with Crippen molar-refractivity contribution in [1.29, 1.82) is 0 Å². The maximum absolute atomic E-state index is 6.01. The molecule has 0 aliphatic heterocycles. The summed E-state index contributed by atoms with van der Waals surface area (Å²) in [7, 11) is 4.12. The van der Waals surface area contributed by atoms with Crippen LogP contribution in [0.1, 0.15) is 24.0 Å². The molecule has 0 bridgehead atoms. The van der Waals surface area contributed by atoms with Gasteiger partial charge in [0, 0.05) is 25.7 Å². The summed E-state index contributed by atoms with van der Waals surface area (Å²) >= 11 is 0. The van der Waals surface area contributed by atoms with E-state index in [1.54, 1.807) is 0 Å². The lowest BCUT2D eigenvalue weighted by molar-refractivity contribution is 0.340. The number of benzene rings is 2. The Kier molecular flexibility index (Phi) is 5.84. The number of nitrogens with zero attached hydrogens (tertiary/aromatic N) is 1. The van der Waals surface area contributed by atoms with E-state index in [2.05, 4.69) is 55.4 Å². The van der Waals surface area contributed by atoms with E-state index in [4.69, 9.17) is 10.5 Å². The fourth-order valence-electron chi connectivity index (χ4n) is 2.59. The van der Waals surface area contributed by atoms with E-state index >= 15 is 0 Å². The third-order valence-corrected chi connectivity index (χ3v) is 3.86. The smallest absolute Gasteiger partial charge is 0.119 e. The van der Waals surface area contributed by atoms with Gasteiger partial charge in [0.2, 0.25) is 0 Å². The third kappa shape index (κ3) is 4.25. The highest BCUT2D eigenvalue weighted by atomic mass is 16.5. The lowest BCUT2D eigenvalue weighted by Crippen LogP contribution is -2.15. The van der Waals surface area contributed by atoms with Gasteiger partial charge in [-0.15, -0.1) is 0 Å². The van der Waals surface area contributed by atoms with Gasteiger partial charge in [0.05, 0.1) is 6.61 Å². The number of hydrogen-bond acceptors (Lipinski definition) is 3. The van der Waals surface area contributed by atoms with Crippen LogP contribution in [0.2, 0.25) is 0 Å². The normalized spacial score (nSPS) is 12.0. The van der Waals surface area contributed by atoms with Crippen molar-refractivity contribution in [3.63, 3.8) is 0 Å². The molecule has 0 amide bonds. The molecule has 22 heavy (non-hydrogen) atoms. The monoisotopic (exact) mass is 298 g/mol. The molecule has 2 N–H and O–H groups in total. The van der Waals surface area contributed by atoms with Gasteiger partial charge in [-0.25, -0.2) is 0 Å². The van der Waals surface area contributed by atoms with Crippen LogP contribution in [-0.2, 0) is 6.42 Å². The summed E-state index contributed by atoms with van der Waals surface area (Å²) in [6, 6.07) is 16.9. The zero-order valence-electron chi connectivity index (χ0n) is 13.8. The van der Waals surface area contributed by atoms with Gasteiger partial charge >= 0.3 is 0 Å². The number of nitrogens with two attached hydrogens (primary N) is 1. The van der Waals surface area contributed by atoms with Crippen LogP contribution in [0.3, 0.4) is 0 Å². The van der Waals surface area contributed by atoms with Crippen molar-refractivity contribution >= 4 is 5.69 Å². The lowest BCUT2D eigenvalue weighted by Gasteiger charge is -2.18. The van der Waals surface area contributed by atoms with Crippen LogP contribution in [0.25, 0.3) is 0 Å². The van der Waals surface area contributed by atoms with Crippen LogP contribution >= 0.6 is 0 Å². The largest absolute Gasteiger partial charge is 0.494 e. The van der Waals surface area contributed by atoms with E-state index in [1.807, 2.05) is 19.1 Å². The van der Waals surface area contributed by atoms with Gasteiger partial charge in [-0.1, -0.05) is 24.3 Å². The molecule has 0 saturated heterocycles. The molecule has 0 aliphatic carbocycles. The average molecular weight is 298 g/mol. The summed E-state index contributed by atoms with van der Waals surface area (Å²) < 4.78 is 5.50. The SMILES string of the molecule is CCOc1ccc(C(CN)Cc2cccc(N(C)C)c2)cc1. The average Bonchev–Trinajstić information content (AvgIpc) is 2.54. The lowest BCUT2D eigenvalue weighted by atomic mass is 9.92. The Labute approximate surface area is 133 Å². The molecule has 118 valence electrons. The molecule has 0 fully saturated rings. The molecule has 0 saturated carbocycles. The van der Waals surface area contributed by atoms with Crippen LogP contribution in [0.4, 0.5) is 5.69 Å². The number of anilines is 1. The van der Waals surface area contributed by atoms with Crippen LogP contribution in [0.15, 0.2) is 48.5 Å². The molecule has 0 spiro atoms. The highest BCUT2D eigenvalue weighted by Gasteiger charge is 2.11. The van der Waals surface area contributed by atoms with E-state index in [-0.39, 0.29) is 0 Å². The molecule has 0 heterocycles. The Morgan fingerprint density at radius 1 is 1.09 bits per heavy atom. The summed E-state index contributed by atoms with van der Waals surface area (Å²) in [6.07, 6.45) is 0.951. The molecule has 3 nitrogen and oxygen atoms in total. The van der Waals surface area contributed by atoms with Crippen LogP contribution in [0.5, 0.6) is 5.75 Å². The van der Waals surface area contributed by atoms with Crippen molar-refractivity contribution in [2.24, 2.45) is 5.73 Å². The van der Waals surface area contributed by atoms with E-state index in [1.165, 1.54) is 16.8 Å². The standard InChI is InChI=1S/C19H26N2O/c1-4-22-19-10-8-16(9-11-19)17(14-20)12-15-6-5-7-18(13-15)21(2)3/h5-11,13,17H,4,12,14,20H2,1-3H3. The Bertz CT molecular complexity index is 578. The summed E-state index contributed by atoms with van der Waals surface area (Å²) in [5.74, 6) is 1.24. The number of ether oxygens (including phenoxy) is 1. The van der Waals surface area contributed by atoms with E-state index in [0.717, 1.165) is 12.2 Å². The molecule has 0 aromatic heterocycles. The van der Waals surface area contributed by atoms with Crippen molar-refractivity contribution in [3.05, 3.63) is 59.7 Å². The summed E-state index contributed by atoms with van der Waals surface area (Å²) in [4.78, 5) is 2.12. The first-order valence-electron chi connectivity index (χ1n) is 7.83. The van der Waals surface area contributed by atoms with Crippen LogP contribution in [-0.4, -0.2) is 27.2 Å². The maximum atomic E-state index is 6.01. The van der Waals surface area contributed by atoms with Gasteiger partial charge in [0.25, 0.3) is 0 Å². The van der Waals surface area contributed by atoms with Gasteiger partial charge in [0.1, 0.15) is 5.75 Å². The highest BCUT2D eigenvalue weighted by molar-refractivity contribution is 5.47. The zero-order chi connectivity index (χ0) is 15.9. The Hall–Kier alpha value is -2.00. The van der Waals surface area contributed by atoms with Crippen molar-refractivity contribution < 1.29 is 4.74 Å². The molecule has 2 aromatic carbocycles. The van der Waals surface area contributed by atoms with Crippen LogP contribution < -0.4 is 15.4 Å². The Balaban J connectivity index is 2.13. The predicted molar refractivity (Wildman–Crippen MR) is 93.9 cm³/mol. The molecule has 1 unspecified atom stereocenters. The fraction of sp³-hybridized carbons (Fsp3) is 0.368. The van der Waals surface area contributed by atoms with Crippen molar-refractivity contribution in [3.8, 4) is 5.75 Å². The van der Waals surface area contributed by atoms with Gasteiger partial charge < -0.3 is 15.4 Å². The van der Waals surface area contributed by atoms with Crippen molar-refractivity contribution in [2.75, 3.05) is 32.1 Å². The quantitative estimate of drug-likeness (QED) is 0.851. The molecule has 2 rings (SSSR count). The minimum Gasteiger partial charge on any atom is -0.494 e. The first-order valence-corrected chi connectivity index (χ1v) is 7.83. The molecule has 0 radical (unpaired) electrons. The Morgan fingerprint density at radius 2 is 1.82 bits per heavy atom. The predicted octanol–water partition coefficient (Wildman–Crippen LogP) is 3.44. The third-order valence-electron chi connectivity index (χ3n) is 3.86. The molecule has 3 heteroatoms. The fourth-order valence-corrected chi connectivity index (χ4v) is 2.59. The summed E-state index contributed by atoms with van der Waals surface area (Å²) in [5, 5.41) is 0. The van der Waals surface area contributed by atoms with Gasteiger partial charge in [0.15, 0.2) is 0 Å². The topological polar surface area (TPSA) is 38.5 Å². The van der Waals surface area contributed by atoms with Crippen molar-refractivity contribution in [1.82, 2.24) is 0 Å². The second-order valence-corrected chi connectivity index (χ2v) is 5.70. The maximum Gasteiger partial charge on any atom is 0.119 e. The molecule has 1 atom stereocenters. The van der Waals surface area contributed by atoms with E-state index in [9.17, 15) is 0 Å². The minimum atomic E-state index is 0.327. The second kappa shape index (κ2) is 7.85. The number of hydrogen-bond donors (Lipinski definition) is 1. The zero-order valence-corrected chi connectivity index (χ0v) is 13.8. The molecule has 0 aliphatic rings. The summed E-state index contributed by atoms with van der Waals surface area (Å²) in [6.45, 7) is 3.32. The number of rotatable bonds is 7. The van der Waals surface area contributed by atoms with Crippen LogP contribution in [0, 0.1) is 0 Å². The molecular weight excluding hydrogens is 272 g/mol. The Morgan fingerprint density at radius 3 is 2.41 bits per heavy atom. The highest BCUT2D eigenvalue weighted by Crippen LogP contribution is 2.24. The molecular formula is C19H26N2O. The van der Waals surface area contributed by atoms with E-state index < -0.39 is 0 Å². The van der Waals surface area contributed by atoms with E-state index in [0.29, 0.717) is 19.1 Å². The van der Waals surface area contributed by atoms with Gasteiger partial charge in [-0.05, 0) is 55.3 Å². The minimum absolute atomic E-state index is 0.327. The summed E-state index contributed by atoms with van der Waals surface area (Å²) in [5.41, 5.74) is 9.81.